The van der Waals surface area contributed by atoms with Gasteiger partial charge >= 0.3 is 39.5 Å². The number of aliphatic hydroxyl groups is 1. The second-order valence-electron chi connectivity index (χ2n) is 26.3. The summed E-state index contributed by atoms with van der Waals surface area (Å²) >= 11 is 0. The minimum absolute atomic E-state index is 0.108. The first-order chi connectivity index (χ1) is 44.7. The van der Waals surface area contributed by atoms with Crippen LogP contribution in [0.3, 0.4) is 0 Å². The smallest absolute Gasteiger partial charge is 0.462 e. The van der Waals surface area contributed by atoms with Crippen LogP contribution in [0.2, 0.25) is 0 Å². The Hall–Kier alpha value is -1.94. The van der Waals surface area contributed by atoms with Crippen molar-refractivity contribution in [2.24, 2.45) is 0 Å². The van der Waals surface area contributed by atoms with Gasteiger partial charge in [0.15, 0.2) is 12.2 Å². The molecule has 2 unspecified atom stereocenters. The SMILES string of the molecule is CCCCCCCCCCCCCCCCCCC(=O)O[C@H](COC(=O)CCCCCCCCCCCCCCCCC)COP(=O)(O)OC[C@@H](O)COP(=O)(O)OC[C@@H](COC(=O)CCCCCCCCCCCC)OC(=O)CCCCCCCCCCCCC. The predicted molar refractivity (Wildman–Crippen MR) is 372 cm³/mol. The largest absolute Gasteiger partial charge is 0.472 e. The number of aliphatic hydroxyl groups excluding tert-OH is 1. The Balaban J connectivity index is 5.23. The number of phosphoric ester groups is 2. The van der Waals surface area contributed by atoms with E-state index in [1.54, 1.807) is 0 Å². The summed E-state index contributed by atoms with van der Waals surface area (Å²) in [4.78, 5) is 72.6. The maximum atomic E-state index is 13.1. The van der Waals surface area contributed by atoms with Gasteiger partial charge in [0.1, 0.15) is 19.3 Å². The molecule has 0 aliphatic carbocycles. The van der Waals surface area contributed by atoms with E-state index in [2.05, 4.69) is 27.7 Å². The molecule has 0 heterocycles. The number of rotatable bonds is 74. The van der Waals surface area contributed by atoms with Crippen LogP contribution >= 0.6 is 15.6 Å². The molecule has 92 heavy (non-hydrogen) atoms. The summed E-state index contributed by atoms with van der Waals surface area (Å²) in [6, 6.07) is 0. The van der Waals surface area contributed by atoms with Crippen molar-refractivity contribution in [3.63, 3.8) is 0 Å². The molecule has 0 fully saturated rings. The number of hydrogen-bond donors (Lipinski definition) is 3. The van der Waals surface area contributed by atoms with E-state index in [-0.39, 0.29) is 25.7 Å². The van der Waals surface area contributed by atoms with Gasteiger partial charge in [0.25, 0.3) is 0 Å². The molecule has 0 radical (unpaired) electrons. The van der Waals surface area contributed by atoms with Gasteiger partial charge in [-0.3, -0.25) is 37.3 Å². The molecule has 0 aromatic carbocycles. The van der Waals surface area contributed by atoms with Crippen molar-refractivity contribution >= 4 is 39.5 Å². The van der Waals surface area contributed by atoms with Crippen molar-refractivity contribution < 1.29 is 80.2 Å². The molecule has 19 heteroatoms. The zero-order valence-electron chi connectivity index (χ0n) is 59.5. The van der Waals surface area contributed by atoms with Crippen molar-refractivity contribution in [3.05, 3.63) is 0 Å². The Morgan fingerprint density at radius 2 is 0.435 bits per heavy atom. The summed E-state index contributed by atoms with van der Waals surface area (Å²) < 4.78 is 68.4. The molecular weight excluding hydrogens is 1210 g/mol. The van der Waals surface area contributed by atoms with Crippen LogP contribution in [0.15, 0.2) is 0 Å². The molecule has 0 spiro atoms. The van der Waals surface area contributed by atoms with E-state index in [9.17, 15) is 43.2 Å². The van der Waals surface area contributed by atoms with Crippen LogP contribution in [-0.4, -0.2) is 96.7 Å². The lowest BCUT2D eigenvalue weighted by atomic mass is 10.0. The third-order valence-corrected chi connectivity index (χ3v) is 19.0. The second kappa shape index (κ2) is 67.6. The average molecular weight is 1350 g/mol. The Labute approximate surface area is 562 Å². The Morgan fingerprint density at radius 1 is 0.261 bits per heavy atom. The van der Waals surface area contributed by atoms with Crippen LogP contribution < -0.4 is 0 Å². The molecule has 0 aromatic heterocycles. The van der Waals surface area contributed by atoms with Crippen LogP contribution in [0.5, 0.6) is 0 Å². The van der Waals surface area contributed by atoms with Gasteiger partial charge in [0.05, 0.1) is 26.4 Å². The molecule has 0 saturated carbocycles. The molecule has 0 aliphatic heterocycles. The maximum Gasteiger partial charge on any atom is 0.472 e. The molecule has 3 N–H and O–H groups in total. The van der Waals surface area contributed by atoms with Crippen LogP contribution in [0.1, 0.15) is 387 Å². The van der Waals surface area contributed by atoms with Crippen molar-refractivity contribution in [3.8, 4) is 0 Å². The molecule has 546 valence electrons. The Morgan fingerprint density at radius 3 is 0.641 bits per heavy atom. The standard InChI is InChI=1S/C73H142O17P2/c1-5-9-13-17-21-25-29-31-33-35-37-40-44-48-52-56-60-73(78)90-69(64-84-71(76)58-54-50-46-42-39-36-34-32-30-26-22-18-14-10-6-2)66-88-92(81,82)86-62-67(74)61-85-91(79,80)87-65-68(63-83-70(75)57-53-49-45-41-28-24-20-16-12-8-4)89-72(77)59-55-51-47-43-38-27-23-19-15-11-7-3/h67-69,74H,5-66H2,1-4H3,(H,79,80)(H,81,82)/t67-,68+,69+/m0/s1. The first-order valence-corrected chi connectivity index (χ1v) is 41.3. The number of carbonyl (C=O) groups excluding carboxylic acids is 4. The minimum Gasteiger partial charge on any atom is -0.462 e. The third kappa shape index (κ3) is 66.7. The Bertz CT molecular complexity index is 1760. The summed E-state index contributed by atoms with van der Waals surface area (Å²) in [5, 5.41) is 10.6. The maximum absolute atomic E-state index is 13.1. The lowest BCUT2D eigenvalue weighted by molar-refractivity contribution is -0.161. The van der Waals surface area contributed by atoms with Gasteiger partial charge < -0.3 is 33.8 Å². The molecule has 5 atom stereocenters. The highest BCUT2D eigenvalue weighted by molar-refractivity contribution is 7.47. The summed E-state index contributed by atoms with van der Waals surface area (Å²) in [6.45, 7) is 4.97. The fourth-order valence-electron chi connectivity index (χ4n) is 11.2. The fourth-order valence-corrected chi connectivity index (χ4v) is 12.8. The van der Waals surface area contributed by atoms with Crippen LogP contribution in [0.4, 0.5) is 0 Å². The van der Waals surface area contributed by atoms with E-state index >= 15 is 0 Å². The van der Waals surface area contributed by atoms with Crippen molar-refractivity contribution in [1.82, 2.24) is 0 Å². The van der Waals surface area contributed by atoms with E-state index in [0.717, 1.165) is 89.9 Å². The van der Waals surface area contributed by atoms with Crippen molar-refractivity contribution in [1.29, 1.82) is 0 Å². The van der Waals surface area contributed by atoms with Gasteiger partial charge in [0, 0.05) is 25.7 Å². The quantitative estimate of drug-likeness (QED) is 0.0222. The van der Waals surface area contributed by atoms with E-state index in [0.29, 0.717) is 25.7 Å². The molecule has 17 nitrogen and oxygen atoms in total. The van der Waals surface area contributed by atoms with E-state index in [4.69, 9.17) is 37.0 Å². The second-order valence-corrected chi connectivity index (χ2v) is 29.2. The monoisotopic (exact) mass is 1350 g/mol. The highest BCUT2D eigenvalue weighted by atomic mass is 31.2. The molecular formula is C73H142O17P2. The molecule has 0 bridgehead atoms. The molecule has 0 aliphatic rings. The van der Waals surface area contributed by atoms with Crippen molar-refractivity contribution in [2.45, 2.75) is 406 Å². The van der Waals surface area contributed by atoms with Crippen LogP contribution in [-0.2, 0) is 65.4 Å². The number of ether oxygens (including phenoxy) is 4. The molecule has 0 saturated heterocycles. The zero-order chi connectivity index (χ0) is 67.5. The van der Waals surface area contributed by atoms with Gasteiger partial charge in [-0.15, -0.1) is 0 Å². The summed E-state index contributed by atoms with van der Waals surface area (Å²) in [7, 11) is -9.90. The topological polar surface area (TPSA) is 237 Å². The first-order valence-electron chi connectivity index (χ1n) is 38.3. The van der Waals surface area contributed by atoms with Gasteiger partial charge in [-0.05, 0) is 25.7 Å². The number of phosphoric acid groups is 2. The highest BCUT2D eigenvalue weighted by Gasteiger charge is 2.30. The molecule has 0 aromatic rings. The number of carbonyl (C=O) groups is 4. The molecule has 0 amide bonds. The van der Waals surface area contributed by atoms with Gasteiger partial charge in [-0.2, -0.15) is 0 Å². The summed E-state index contributed by atoms with van der Waals surface area (Å²) in [5.41, 5.74) is 0. The average Bonchev–Trinajstić information content (AvgIpc) is 3.71. The Kier molecular flexibility index (Phi) is 66.2. The highest BCUT2D eigenvalue weighted by Crippen LogP contribution is 2.45. The number of esters is 4. The van der Waals surface area contributed by atoms with E-state index < -0.39 is 97.5 Å². The van der Waals surface area contributed by atoms with Crippen LogP contribution in [0.25, 0.3) is 0 Å². The minimum atomic E-state index is -4.95. The number of hydrogen-bond acceptors (Lipinski definition) is 15. The van der Waals surface area contributed by atoms with E-state index in [1.807, 2.05) is 0 Å². The lowest BCUT2D eigenvalue weighted by Gasteiger charge is -2.21. The van der Waals surface area contributed by atoms with Gasteiger partial charge in [0.2, 0.25) is 0 Å². The zero-order valence-corrected chi connectivity index (χ0v) is 61.3. The predicted octanol–water partition coefficient (Wildman–Crippen LogP) is 21.4. The lowest BCUT2D eigenvalue weighted by Crippen LogP contribution is -2.30. The summed E-state index contributed by atoms with van der Waals surface area (Å²) in [6.07, 6.45) is 56.7. The van der Waals surface area contributed by atoms with Gasteiger partial charge in [-0.25, -0.2) is 9.13 Å². The third-order valence-electron chi connectivity index (χ3n) is 17.1. The van der Waals surface area contributed by atoms with Crippen molar-refractivity contribution in [2.75, 3.05) is 39.6 Å². The normalized spacial score (nSPS) is 13.9. The van der Waals surface area contributed by atoms with Gasteiger partial charge in [-0.1, -0.05) is 336 Å². The number of unbranched alkanes of at least 4 members (excludes halogenated alkanes) is 48. The fraction of sp³-hybridized carbons (Fsp3) is 0.945. The molecule has 0 rings (SSSR count). The first kappa shape index (κ1) is 90.1. The van der Waals surface area contributed by atoms with Crippen LogP contribution in [0, 0.1) is 0 Å². The summed E-state index contributed by atoms with van der Waals surface area (Å²) in [5.74, 6) is -2.11. The van der Waals surface area contributed by atoms with E-state index in [1.165, 1.54) is 218 Å².